The molecule has 31 heavy (non-hydrogen) atoms. The molecule has 1 saturated heterocycles. The van der Waals surface area contributed by atoms with Gasteiger partial charge >= 0.3 is 18.3 Å². The molecule has 2 heterocycles. The standard InChI is InChI=1S/C20H24F3N5O3/c1-3-31-19(30)26(2)15-8-6-14(7-9-15)25-18(29)27-12-4-5-16(13-27)28-17(10-11-24-28)20(21,22)23/h6-11,16H,3-5,12-13H2,1-2H3,(H,25,29)/t16-/m0/s1. The van der Waals surface area contributed by atoms with E-state index >= 15 is 0 Å². The molecule has 0 aliphatic carbocycles. The van der Waals surface area contributed by atoms with Crippen molar-refractivity contribution in [3.05, 3.63) is 42.2 Å². The average molecular weight is 439 g/mol. The number of rotatable bonds is 4. The summed E-state index contributed by atoms with van der Waals surface area (Å²) in [6.07, 6.45) is -2.80. The van der Waals surface area contributed by atoms with Crippen LogP contribution in [0.25, 0.3) is 0 Å². The molecule has 0 unspecified atom stereocenters. The monoisotopic (exact) mass is 439 g/mol. The van der Waals surface area contributed by atoms with Crippen LogP contribution >= 0.6 is 0 Å². The minimum absolute atomic E-state index is 0.125. The lowest BCUT2D eigenvalue weighted by molar-refractivity contribution is -0.145. The lowest BCUT2D eigenvalue weighted by Gasteiger charge is -2.33. The number of nitrogens with zero attached hydrogens (tertiary/aromatic N) is 4. The van der Waals surface area contributed by atoms with Gasteiger partial charge in [-0.25, -0.2) is 9.59 Å². The van der Waals surface area contributed by atoms with Crippen molar-refractivity contribution < 1.29 is 27.5 Å². The first-order valence-corrected chi connectivity index (χ1v) is 9.88. The van der Waals surface area contributed by atoms with E-state index in [4.69, 9.17) is 4.74 Å². The van der Waals surface area contributed by atoms with Crippen LogP contribution in [0.5, 0.6) is 0 Å². The summed E-state index contributed by atoms with van der Waals surface area (Å²) >= 11 is 0. The van der Waals surface area contributed by atoms with Gasteiger partial charge in [0.1, 0.15) is 5.69 Å². The Hall–Kier alpha value is -3.24. The molecule has 8 nitrogen and oxygen atoms in total. The van der Waals surface area contributed by atoms with Crippen molar-refractivity contribution in [2.24, 2.45) is 0 Å². The molecule has 0 saturated carbocycles. The highest BCUT2D eigenvalue weighted by molar-refractivity contribution is 5.91. The number of benzene rings is 1. The van der Waals surface area contributed by atoms with Crippen LogP contribution in [0.2, 0.25) is 0 Å². The van der Waals surface area contributed by atoms with Gasteiger partial charge < -0.3 is 15.0 Å². The Balaban J connectivity index is 1.63. The number of halogens is 3. The Kier molecular flexibility index (Phi) is 6.71. The number of amides is 3. The molecule has 3 rings (SSSR count). The zero-order valence-corrected chi connectivity index (χ0v) is 17.2. The highest BCUT2D eigenvalue weighted by atomic mass is 19.4. The van der Waals surface area contributed by atoms with E-state index < -0.39 is 30.0 Å². The molecule has 2 aromatic rings. The van der Waals surface area contributed by atoms with E-state index in [1.807, 2.05) is 0 Å². The number of anilines is 2. The smallest absolute Gasteiger partial charge is 0.433 e. The van der Waals surface area contributed by atoms with Crippen LogP contribution in [0.15, 0.2) is 36.5 Å². The maximum absolute atomic E-state index is 13.2. The Labute approximate surface area is 177 Å². The van der Waals surface area contributed by atoms with Crippen molar-refractivity contribution in [1.29, 1.82) is 0 Å². The molecule has 1 atom stereocenters. The SMILES string of the molecule is CCOC(=O)N(C)c1ccc(NC(=O)N2CCC[C@H](n3nccc3C(F)(F)F)C2)cc1. The second kappa shape index (κ2) is 9.27. The molecule has 1 aliphatic rings. The Morgan fingerprint density at radius 1 is 1.26 bits per heavy atom. The number of hydrogen-bond donors (Lipinski definition) is 1. The zero-order valence-electron chi connectivity index (χ0n) is 17.2. The van der Waals surface area contributed by atoms with E-state index in [0.29, 0.717) is 30.8 Å². The summed E-state index contributed by atoms with van der Waals surface area (Å²) in [6, 6.07) is 6.58. The second-order valence-corrected chi connectivity index (χ2v) is 7.14. The van der Waals surface area contributed by atoms with Gasteiger partial charge in [0.25, 0.3) is 0 Å². The summed E-state index contributed by atoms with van der Waals surface area (Å²) in [4.78, 5) is 27.3. The quantitative estimate of drug-likeness (QED) is 0.768. The van der Waals surface area contributed by atoms with Gasteiger partial charge in [-0.05, 0) is 50.1 Å². The number of piperidine rings is 1. The average Bonchev–Trinajstić information content (AvgIpc) is 3.25. The van der Waals surface area contributed by atoms with Crippen LogP contribution in [0, 0.1) is 0 Å². The predicted octanol–water partition coefficient (Wildman–Crippen LogP) is 4.36. The summed E-state index contributed by atoms with van der Waals surface area (Å²) in [5.74, 6) is 0. The van der Waals surface area contributed by atoms with E-state index in [0.717, 1.165) is 16.9 Å². The normalized spacial score (nSPS) is 16.7. The number of nitrogens with one attached hydrogen (secondary N) is 1. The van der Waals surface area contributed by atoms with E-state index in [2.05, 4.69) is 10.4 Å². The van der Waals surface area contributed by atoms with Gasteiger partial charge in [-0.2, -0.15) is 18.3 Å². The predicted molar refractivity (Wildman–Crippen MR) is 108 cm³/mol. The topological polar surface area (TPSA) is 79.7 Å². The van der Waals surface area contributed by atoms with Crippen LogP contribution in [0.3, 0.4) is 0 Å². The van der Waals surface area contributed by atoms with Crippen molar-refractivity contribution in [2.75, 3.05) is 37.0 Å². The number of urea groups is 1. The van der Waals surface area contributed by atoms with Gasteiger partial charge in [0.05, 0.1) is 12.6 Å². The third-order valence-electron chi connectivity index (χ3n) is 5.04. The first kappa shape index (κ1) is 22.4. The summed E-state index contributed by atoms with van der Waals surface area (Å²) < 4.78 is 45.4. The summed E-state index contributed by atoms with van der Waals surface area (Å²) in [6.45, 7) is 2.54. The molecule has 0 radical (unpaired) electrons. The van der Waals surface area contributed by atoms with Crippen LogP contribution in [0.1, 0.15) is 31.5 Å². The number of alkyl halides is 3. The highest BCUT2D eigenvalue weighted by Gasteiger charge is 2.37. The Morgan fingerprint density at radius 3 is 2.61 bits per heavy atom. The minimum atomic E-state index is -4.50. The first-order chi connectivity index (χ1) is 14.7. The summed E-state index contributed by atoms with van der Waals surface area (Å²) in [5, 5.41) is 6.58. The lowest BCUT2D eigenvalue weighted by Crippen LogP contribution is -2.43. The van der Waals surface area contributed by atoms with E-state index in [1.165, 1.54) is 9.80 Å². The van der Waals surface area contributed by atoms with E-state index in [1.54, 1.807) is 38.2 Å². The minimum Gasteiger partial charge on any atom is -0.449 e. The third-order valence-corrected chi connectivity index (χ3v) is 5.04. The molecular weight excluding hydrogens is 415 g/mol. The van der Waals surface area contributed by atoms with Gasteiger partial charge in [-0.3, -0.25) is 9.58 Å². The van der Waals surface area contributed by atoms with Crippen molar-refractivity contribution in [3.63, 3.8) is 0 Å². The molecule has 3 amide bonds. The Bertz CT molecular complexity index is 914. The first-order valence-electron chi connectivity index (χ1n) is 9.88. The van der Waals surface area contributed by atoms with Crippen molar-refractivity contribution in [1.82, 2.24) is 14.7 Å². The largest absolute Gasteiger partial charge is 0.449 e. The molecule has 1 aromatic heterocycles. The molecule has 1 aliphatic heterocycles. The van der Waals surface area contributed by atoms with Gasteiger partial charge in [0.15, 0.2) is 0 Å². The molecule has 1 aromatic carbocycles. The lowest BCUT2D eigenvalue weighted by atomic mass is 10.1. The summed E-state index contributed by atoms with van der Waals surface area (Å²) in [5.41, 5.74) is 0.275. The number of aromatic nitrogens is 2. The fourth-order valence-corrected chi connectivity index (χ4v) is 3.47. The van der Waals surface area contributed by atoms with Gasteiger partial charge in [-0.1, -0.05) is 0 Å². The van der Waals surface area contributed by atoms with Crippen molar-refractivity contribution >= 4 is 23.5 Å². The number of likely N-dealkylation sites (tertiary alicyclic amines) is 1. The van der Waals surface area contributed by atoms with Crippen LogP contribution in [-0.2, 0) is 10.9 Å². The molecule has 1 N–H and O–H groups in total. The third kappa shape index (κ3) is 5.28. The maximum Gasteiger partial charge on any atom is 0.433 e. The maximum atomic E-state index is 13.2. The van der Waals surface area contributed by atoms with Gasteiger partial charge in [0, 0.05) is 37.7 Å². The number of carbonyl (C=O) groups is 2. The Morgan fingerprint density at radius 2 is 1.97 bits per heavy atom. The molecule has 1 fully saturated rings. The van der Waals surface area contributed by atoms with Gasteiger partial charge in [-0.15, -0.1) is 0 Å². The second-order valence-electron chi connectivity index (χ2n) is 7.14. The van der Waals surface area contributed by atoms with E-state index in [9.17, 15) is 22.8 Å². The van der Waals surface area contributed by atoms with Crippen LogP contribution in [0.4, 0.5) is 34.1 Å². The number of carbonyl (C=O) groups excluding carboxylic acids is 2. The van der Waals surface area contributed by atoms with Crippen molar-refractivity contribution in [2.45, 2.75) is 32.0 Å². The molecule has 0 bridgehead atoms. The van der Waals surface area contributed by atoms with Gasteiger partial charge in [0.2, 0.25) is 0 Å². The highest BCUT2D eigenvalue weighted by Crippen LogP contribution is 2.33. The van der Waals surface area contributed by atoms with Crippen LogP contribution in [-0.4, -0.2) is 53.5 Å². The number of hydrogen-bond acceptors (Lipinski definition) is 4. The zero-order chi connectivity index (χ0) is 22.6. The fraction of sp³-hybridized carbons (Fsp3) is 0.450. The van der Waals surface area contributed by atoms with Crippen molar-refractivity contribution in [3.8, 4) is 0 Å². The molecule has 11 heteroatoms. The molecule has 0 spiro atoms. The van der Waals surface area contributed by atoms with Crippen LogP contribution < -0.4 is 10.2 Å². The van der Waals surface area contributed by atoms with E-state index in [-0.39, 0.29) is 13.2 Å². The summed E-state index contributed by atoms with van der Waals surface area (Å²) in [7, 11) is 1.57. The number of ether oxygens (including phenoxy) is 1. The molecular formula is C20H24F3N5O3. The molecule has 168 valence electrons. The fourth-order valence-electron chi connectivity index (χ4n) is 3.47.